The Bertz CT molecular complexity index is 700. The van der Waals surface area contributed by atoms with Crippen molar-refractivity contribution in [1.29, 1.82) is 0 Å². The van der Waals surface area contributed by atoms with Gasteiger partial charge in [0.1, 0.15) is 17.2 Å². The van der Waals surface area contributed by atoms with Crippen LogP contribution in [0.15, 0.2) is 36.4 Å². The van der Waals surface area contributed by atoms with Gasteiger partial charge in [-0.05, 0) is 50.2 Å². The van der Waals surface area contributed by atoms with Crippen LogP contribution in [-0.2, 0) is 0 Å². The molecule has 1 heterocycles. The number of hydrogen-bond donors (Lipinski definition) is 3. The highest BCUT2D eigenvalue weighted by atomic mass is 32.1. The average Bonchev–Trinajstić information content (AvgIpc) is 2.96. The number of thiophene rings is 1. The highest BCUT2D eigenvalue weighted by molar-refractivity contribution is 7.15. The van der Waals surface area contributed by atoms with E-state index >= 15 is 0 Å². The molecular weight excluding hydrogens is 318 g/mol. The monoisotopic (exact) mass is 335 g/mol. The zero-order valence-corrected chi connectivity index (χ0v) is 13.5. The molecule has 0 spiro atoms. The van der Waals surface area contributed by atoms with Gasteiger partial charge in [-0.25, -0.2) is 4.79 Å². The molecule has 1 aromatic carbocycles. The van der Waals surface area contributed by atoms with E-state index in [0.29, 0.717) is 16.3 Å². The van der Waals surface area contributed by atoms with E-state index in [9.17, 15) is 14.7 Å². The van der Waals surface area contributed by atoms with Crippen molar-refractivity contribution in [1.82, 2.24) is 0 Å². The third kappa shape index (κ3) is 5.08. The molecule has 0 bridgehead atoms. The van der Waals surface area contributed by atoms with Crippen LogP contribution in [0.1, 0.15) is 33.2 Å². The number of aliphatic hydroxyl groups is 1. The smallest absolute Gasteiger partial charge is 0.345 e. The first-order valence-electron chi connectivity index (χ1n) is 6.84. The molecule has 7 heteroatoms. The predicted molar refractivity (Wildman–Crippen MR) is 87.5 cm³/mol. The van der Waals surface area contributed by atoms with E-state index in [1.54, 1.807) is 38.1 Å². The van der Waals surface area contributed by atoms with Crippen LogP contribution in [0.25, 0.3) is 0 Å². The fourth-order valence-corrected chi connectivity index (χ4v) is 2.40. The van der Waals surface area contributed by atoms with Crippen LogP contribution >= 0.6 is 11.3 Å². The second-order valence-corrected chi connectivity index (χ2v) is 6.63. The molecule has 0 aliphatic rings. The summed E-state index contributed by atoms with van der Waals surface area (Å²) >= 11 is 0.918. The number of benzene rings is 1. The van der Waals surface area contributed by atoms with Crippen LogP contribution in [0.3, 0.4) is 0 Å². The summed E-state index contributed by atoms with van der Waals surface area (Å²) in [6.45, 7) is 3.45. The van der Waals surface area contributed by atoms with Crippen molar-refractivity contribution in [3.05, 3.63) is 46.2 Å². The van der Waals surface area contributed by atoms with Crippen LogP contribution in [0, 0.1) is 0 Å². The second kappa shape index (κ2) is 6.80. The lowest BCUT2D eigenvalue weighted by atomic mass is 10.2. The Hall–Kier alpha value is -2.38. The molecular formula is C16H17NO5S. The fourth-order valence-electron chi connectivity index (χ4n) is 1.66. The predicted octanol–water partition coefficient (Wildman–Crippen LogP) is 2.85. The van der Waals surface area contributed by atoms with Crippen molar-refractivity contribution >= 4 is 28.9 Å². The Morgan fingerprint density at radius 3 is 2.26 bits per heavy atom. The van der Waals surface area contributed by atoms with Gasteiger partial charge in [0.25, 0.3) is 5.91 Å². The number of carboxylic acid groups (broad SMARTS) is 1. The summed E-state index contributed by atoms with van der Waals surface area (Å²) < 4.78 is 5.42. The first-order chi connectivity index (χ1) is 10.7. The maximum atomic E-state index is 12.0. The minimum atomic E-state index is -1.05. The van der Waals surface area contributed by atoms with Crippen molar-refractivity contribution < 1.29 is 24.5 Å². The highest BCUT2D eigenvalue weighted by Crippen LogP contribution is 2.20. The van der Waals surface area contributed by atoms with E-state index < -0.39 is 11.6 Å². The normalized spacial score (nSPS) is 11.1. The first kappa shape index (κ1) is 17.0. The lowest BCUT2D eigenvalue weighted by Gasteiger charge is -2.17. The number of carboxylic acids is 1. The summed E-state index contributed by atoms with van der Waals surface area (Å²) in [6, 6.07) is 9.57. The van der Waals surface area contributed by atoms with E-state index in [2.05, 4.69) is 5.32 Å². The molecule has 0 fully saturated rings. The van der Waals surface area contributed by atoms with Gasteiger partial charge in [-0.1, -0.05) is 0 Å². The zero-order valence-electron chi connectivity index (χ0n) is 12.7. The molecule has 0 aliphatic carbocycles. The third-order valence-electron chi connectivity index (χ3n) is 2.74. The lowest BCUT2D eigenvalue weighted by molar-refractivity contribution is 0.0285. The fraction of sp³-hybridized carbons (Fsp3) is 0.250. The number of amides is 1. The van der Waals surface area contributed by atoms with Crippen LogP contribution in [0.5, 0.6) is 5.75 Å². The van der Waals surface area contributed by atoms with Gasteiger partial charge < -0.3 is 20.3 Å². The standard InChI is InChI=1S/C16H17NO5S/c1-16(2,21)9-22-11-5-3-10(4-6-11)17-14(18)12-7-8-13(23-12)15(19)20/h3-8,21H,9H2,1-2H3,(H,17,18)(H,19,20). The first-order valence-corrected chi connectivity index (χ1v) is 7.66. The Kier molecular flexibility index (Phi) is 5.02. The molecule has 122 valence electrons. The third-order valence-corrected chi connectivity index (χ3v) is 3.82. The van der Waals surface area contributed by atoms with E-state index in [1.807, 2.05) is 0 Å². The molecule has 0 saturated heterocycles. The lowest BCUT2D eigenvalue weighted by Crippen LogP contribution is -2.27. The number of carbonyl (C=O) groups excluding carboxylic acids is 1. The van der Waals surface area contributed by atoms with Gasteiger partial charge in [0.05, 0.1) is 10.5 Å². The summed E-state index contributed by atoms with van der Waals surface area (Å²) in [5.41, 5.74) is -0.357. The van der Waals surface area contributed by atoms with Crippen molar-refractivity contribution in [2.45, 2.75) is 19.4 Å². The summed E-state index contributed by atoms with van der Waals surface area (Å²) in [5.74, 6) is -0.843. The summed E-state index contributed by atoms with van der Waals surface area (Å²) in [6.07, 6.45) is 0. The number of carbonyl (C=O) groups is 2. The molecule has 3 N–H and O–H groups in total. The largest absolute Gasteiger partial charge is 0.491 e. The highest BCUT2D eigenvalue weighted by Gasteiger charge is 2.14. The van der Waals surface area contributed by atoms with E-state index in [1.165, 1.54) is 12.1 Å². The molecule has 6 nitrogen and oxygen atoms in total. The minimum Gasteiger partial charge on any atom is -0.491 e. The molecule has 0 radical (unpaired) electrons. The number of nitrogens with one attached hydrogen (secondary N) is 1. The number of hydrogen-bond acceptors (Lipinski definition) is 5. The topological polar surface area (TPSA) is 95.9 Å². The number of anilines is 1. The summed E-state index contributed by atoms with van der Waals surface area (Å²) in [5, 5.41) is 21.1. The number of ether oxygens (including phenoxy) is 1. The molecule has 1 amide bonds. The van der Waals surface area contributed by atoms with Crippen LogP contribution in [0.2, 0.25) is 0 Å². The van der Waals surface area contributed by atoms with Crippen molar-refractivity contribution in [3.63, 3.8) is 0 Å². The Morgan fingerprint density at radius 1 is 1.13 bits per heavy atom. The van der Waals surface area contributed by atoms with Crippen LogP contribution in [0.4, 0.5) is 5.69 Å². The van der Waals surface area contributed by atoms with Gasteiger partial charge in [-0.2, -0.15) is 0 Å². The molecule has 0 aliphatic heterocycles. The molecule has 0 unspecified atom stereocenters. The summed E-state index contributed by atoms with van der Waals surface area (Å²) in [4.78, 5) is 23.3. The maximum Gasteiger partial charge on any atom is 0.345 e. The van der Waals surface area contributed by atoms with Gasteiger partial charge in [-0.15, -0.1) is 11.3 Å². The number of rotatable bonds is 6. The molecule has 1 aromatic heterocycles. The Balaban J connectivity index is 1.97. The van der Waals surface area contributed by atoms with Gasteiger partial charge in [0.15, 0.2) is 0 Å². The summed E-state index contributed by atoms with van der Waals surface area (Å²) in [7, 11) is 0. The van der Waals surface area contributed by atoms with E-state index in [-0.39, 0.29) is 17.4 Å². The second-order valence-electron chi connectivity index (χ2n) is 5.55. The molecule has 23 heavy (non-hydrogen) atoms. The Labute approximate surface area is 137 Å². The van der Waals surface area contributed by atoms with Crippen LogP contribution < -0.4 is 10.1 Å². The minimum absolute atomic E-state index is 0.116. The molecule has 0 saturated carbocycles. The van der Waals surface area contributed by atoms with Gasteiger partial charge in [0, 0.05) is 5.69 Å². The number of aromatic carboxylic acids is 1. The van der Waals surface area contributed by atoms with Gasteiger partial charge in [0.2, 0.25) is 0 Å². The molecule has 2 rings (SSSR count). The maximum absolute atomic E-state index is 12.0. The molecule has 2 aromatic rings. The zero-order chi connectivity index (χ0) is 17.0. The van der Waals surface area contributed by atoms with Crippen molar-refractivity contribution in [2.24, 2.45) is 0 Å². The van der Waals surface area contributed by atoms with E-state index in [4.69, 9.17) is 9.84 Å². The SMILES string of the molecule is CC(C)(O)COc1ccc(NC(=O)c2ccc(C(=O)O)s2)cc1. The van der Waals surface area contributed by atoms with Gasteiger partial charge >= 0.3 is 5.97 Å². The quantitative estimate of drug-likeness (QED) is 0.754. The van der Waals surface area contributed by atoms with E-state index in [0.717, 1.165) is 11.3 Å². The Morgan fingerprint density at radius 2 is 1.74 bits per heavy atom. The van der Waals surface area contributed by atoms with Gasteiger partial charge in [-0.3, -0.25) is 4.79 Å². The average molecular weight is 335 g/mol. The van der Waals surface area contributed by atoms with Crippen molar-refractivity contribution in [2.75, 3.05) is 11.9 Å². The van der Waals surface area contributed by atoms with Crippen molar-refractivity contribution in [3.8, 4) is 5.75 Å². The molecule has 0 atom stereocenters. The van der Waals surface area contributed by atoms with Crippen LogP contribution in [-0.4, -0.2) is 34.3 Å².